The van der Waals surface area contributed by atoms with Gasteiger partial charge in [-0.2, -0.15) is 0 Å². The lowest BCUT2D eigenvalue weighted by Gasteiger charge is -2.00. The number of carboxylic acids is 1. The lowest BCUT2D eigenvalue weighted by atomic mass is 10.1. The first-order valence-electron chi connectivity index (χ1n) is 6.66. The van der Waals surface area contributed by atoms with E-state index in [0.29, 0.717) is 17.9 Å². The molecule has 1 aromatic heterocycles. The maximum atomic E-state index is 11.7. The molecule has 1 aromatic carbocycles. The summed E-state index contributed by atoms with van der Waals surface area (Å²) in [6.07, 6.45) is 0.410. The molecular weight excluding hydrogens is 272 g/mol. The second-order valence-corrected chi connectivity index (χ2v) is 5.05. The fraction of sp³-hybridized carbons (Fsp3) is 0.267. The van der Waals surface area contributed by atoms with E-state index >= 15 is 0 Å². The highest BCUT2D eigenvalue weighted by Gasteiger charge is 2.48. The van der Waals surface area contributed by atoms with Gasteiger partial charge < -0.3 is 14.9 Å². The minimum absolute atomic E-state index is 0.210. The lowest BCUT2D eigenvalue weighted by Crippen LogP contribution is -2.25. The number of benzene rings is 1. The number of aliphatic carboxylic acids is 1. The van der Waals surface area contributed by atoms with Crippen LogP contribution in [0.1, 0.15) is 12.2 Å². The predicted molar refractivity (Wildman–Crippen MR) is 73.0 cm³/mol. The SMILES string of the molecule is O=C(O)C1CC1C(=O)NCc1cc(-c2ccccc2)no1. The zero-order valence-electron chi connectivity index (χ0n) is 11.2. The number of hydrogen-bond donors (Lipinski definition) is 2. The van der Waals surface area contributed by atoms with Crippen molar-refractivity contribution in [2.45, 2.75) is 13.0 Å². The Morgan fingerprint density at radius 3 is 2.71 bits per heavy atom. The van der Waals surface area contributed by atoms with E-state index < -0.39 is 17.8 Å². The summed E-state index contributed by atoms with van der Waals surface area (Å²) < 4.78 is 5.16. The van der Waals surface area contributed by atoms with Gasteiger partial charge >= 0.3 is 5.97 Å². The second kappa shape index (κ2) is 5.40. The molecule has 108 valence electrons. The summed E-state index contributed by atoms with van der Waals surface area (Å²) >= 11 is 0. The van der Waals surface area contributed by atoms with Gasteiger partial charge in [-0.05, 0) is 6.42 Å². The summed E-state index contributed by atoms with van der Waals surface area (Å²) in [5, 5.41) is 15.4. The maximum absolute atomic E-state index is 11.7. The van der Waals surface area contributed by atoms with Crippen LogP contribution in [0.15, 0.2) is 40.9 Å². The van der Waals surface area contributed by atoms with Crippen LogP contribution in [0.3, 0.4) is 0 Å². The summed E-state index contributed by atoms with van der Waals surface area (Å²) in [5.41, 5.74) is 1.64. The molecular formula is C15H14N2O4. The number of carboxylic acid groups (broad SMARTS) is 1. The van der Waals surface area contributed by atoms with Gasteiger partial charge in [-0.15, -0.1) is 0 Å². The molecule has 0 radical (unpaired) electrons. The Kier molecular flexibility index (Phi) is 3.43. The Balaban J connectivity index is 1.56. The first-order chi connectivity index (χ1) is 10.1. The summed E-state index contributed by atoms with van der Waals surface area (Å²) in [7, 11) is 0. The molecule has 2 unspecified atom stereocenters. The second-order valence-electron chi connectivity index (χ2n) is 5.05. The fourth-order valence-electron chi connectivity index (χ4n) is 2.20. The van der Waals surface area contributed by atoms with E-state index in [9.17, 15) is 9.59 Å². The molecule has 0 bridgehead atoms. The quantitative estimate of drug-likeness (QED) is 0.872. The smallest absolute Gasteiger partial charge is 0.307 e. The van der Waals surface area contributed by atoms with Crippen LogP contribution in [-0.4, -0.2) is 22.1 Å². The summed E-state index contributed by atoms with van der Waals surface area (Å²) in [4.78, 5) is 22.4. The molecule has 3 rings (SSSR count). The van der Waals surface area contributed by atoms with Gasteiger partial charge in [0.05, 0.1) is 18.4 Å². The number of carbonyl (C=O) groups excluding carboxylic acids is 1. The fourth-order valence-corrected chi connectivity index (χ4v) is 2.20. The third-order valence-corrected chi connectivity index (χ3v) is 3.51. The Hall–Kier alpha value is -2.63. The Morgan fingerprint density at radius 2 is 2.05 bits per heavy atom. The molecule has 1 fully saturated rings. The predicted octanol–water partition coefficient (Wildman–Crippen LogP) is 1.68. The zero-order chi connectivity index (χ0) is 14.8. The molecule has 1 aliphatic carbocycles. The van der Waals surface area contributed by atoms with Gasteiger partial charge in [0.1, 0.15) is 5.69 Å². The molecule has 1 amide bonds. The number of nitrogens with one attached hydrogen (secondary N) is 1. The molecule has 21 heavy (non-hydrogen) atoms. The first-order valence-corrected chi connectivity index (χ1v) is 6.66. The molecule has 6 heteroatoms. The van der Waals surface area contributed by atoms with Crippen LogP contribution in [0, 0.1) is 11.8 Å². The van der Waals surface area contributed by atoms with Crippen LogP contribution in [0.2, 0.25) is 0 Å². The van der Waals surface area contributed by atoms with Crippen molar-refractivity contribution < 1.29 is 19.2 Å². The van der Waals surface area contributed by atoms with Crippen molar-refractivity contribution >= 4 is 11.9 Å². The lowest BCUT2D eigenvalue weighted by molar-refractivity contribution is -0.140. The van der Waals surface area contributed by atoms with Gasteiger partial charge in [-0.25, -0.2) is 0 Å². The van der Waals surface area contributed by atoms with Crippen molar-refractivity contribution in [3.05, 3.63) is 42.2 Å². The van der Waals surface area contributed by atoms with Gasteiger partial charge in [-0.1, -0.05) is 35.5 Å². The molecule has 0 spiro atoms. The van der Waals surface area contributed by atoms with E-state index in [0.717, 1.165) is 5.56 Å². The summed E-state index contributed by atoms with van der Waals surface area (Å²) in [6.45, 7) is 0.210. The van der Waals surface area contributed by atoms with Crippen LogP contribution >= 0.6 is 0 Å². The topological polar surface area (TPSA) is 92.4 Å². The normalized spacial score (nSPS) is 20.0. The molecule has 1 heterocycles. The van der Waals surface area contributed by atoms with Gasteiger partial charge in [0, 0.05) is 11.6 Å². The number of amides is 1. The van der Waals surface area contributed by atoms with Crippen molar-refractivity contribution in [2.75, 3.05) is 0 Å². The van der Waals surface area contributed by atoms with Gasteiger partial charge in [0.25, 0.3) is 0 Å². The minimum atomic E-state index is -0.916. The highest BCUT2D eigenvalue weighted by molar-refractivity contribution is 5.89. The van der Waals surface area contributed by atoms with Gasteiger partial charge in [0.15, 0.2) is 5.76 Å². The van der Waals surface area contributed by atoms with Crippen molar-refractivity contribution in [1.29, 1.82) is 0 Å². The van der Waals surface area contributed by atoms with Crippen molar-refractivity contribution in [3.8, 4) is 11.3 Å². The Morgan fingerprint density at radius 1 is 1.29 bits per heavy atom. The van der Waals surface area contributed by atoms with Crippen molar-refractivity contribution in [3.63, 3.8) is 0 Å². The maximum Gasteiger partial charge on any atom is 0.307 e. The number of nitrogens with zero attached hydrogens (tertiary/aromatic N) is 1. The molecule has 2 atom stereocenters. The Labute approximate surface area is 120 Å². The standard InChI is InChI=1S/C15H14N2O4/c18-14(11-7-12(11)15(19)20)16-8-10-6-13(17-21-10)9-4-2-1-3-5-9/h1-6,11-12H,7-8H2,(H,16,18)(H,19,20). The van der Waals surface area contributed by atoms with Crippen LogP contribution in [0.4, 0.5) is 0 Å². The summed E-state index contributed by atoms with van der Waals surface area (Å²) in [5.74, 6) is -1.59. The average Bonchev–Trinajstić information content (AvgIpc) is 3.17. The Bertz CT molecular complexity index is 665. The monoisotopic (exact) mass is 286 g/mol. The van der Waals surface area contributed by atoms with Crippen LogP contribution in [-0.2, 0) is 16.1 Å². The molecule has 0 aliphatic heterocycles. The number of hydrogen-bond acceptors (Lipinski definition) is 4. The summed E-state index contributed by atoms with van der Waals surface area (Å²) in [6, 6.07) is 11.3. The van der Waals surface area contributed by atoms with Crippen LogP contribution in [0.5, 0.6) is 0 Å². The average molecular weight is 286 g/mol. The van der Waals surface area contributed by atoms with Crippen molar-refractivity contribution in [1.82, 2.24) is 10.5 Å². The number of carbonyl (C=O) groups is 2. The zero-order valence-corrected chi connectivity index (χ0v) is 11.2. The van der Waals surface area contributed by atoms with E-state index in [1.807, 2.05) is 30.3 Å². The van der Waals surface area contributed by atoms with E-state index in [1.165, 1.54) is 0 Å². The molecule has 2 aromatic rings. The molecule has 0 saturated heterocycles. The highest BCUT2D eigenvalue weighted by Crippen LogP contribution is 2.38. The van der Waals surface area contributed by atoms with Crippen molar-refractivity contribution in [2.24, 2.45) is 11.8 Å². The van der Waals surface area contributed by atoms with E-state index in [2.05, 4.69) is 10.5 Å². The molecule has 1 saturated carbocycles. The van der Waals surface area contributed by atoms with Gasteiger partial charge in [0.2, 0.25) is 5.91 Å². The molecule has 2 N–H and O–H groups in total. The molecule has 6 nitrogen and oxygen atoms in total. The highest BCUT2D eigenvalue weighted by atomic mass is 16.5. The third-order valence-electron chi connectivity index (χ3n) is 3.51. The largest absolute Gasteiger partial charge is 0.481 e. The van der Waals surface area contributed by atoms with E-state index in [4.69, 9.17) is 9.63 Å². The first kappa shape index (κ1) is 13.4. The minimum Gasteiger partial charge on any atom is -0.481 e. The number of rotatable bonds is 5. The van der Waals surface area contributed by atoms with Crippen LogP contribution in [0.25, 0.3) is 11.3 Å². The van der Waals surface area contributed by atoms with Gasteiger partial charge in [-0.3, -0.25) is 9.59 Å². The van der Waals surface area contributed by atoms with E-state index in [1.54, 1.807) is 6.07 Å². The van der Waals surface area contributed by atoms with E-state index in [-0.39, 0.29) is 12.5 Å². The van der Waals surface area contributed by atoms with Crippen LogP contribution < -0.4 is 5.32 Å². The molecule has 1 aliphatic rings. The number of aromatic nitrogens is 1. The third kappa shape index (κ3) is 2.94.